The lowest BCUT2D eigenvalue weighted by Crippen LogP contribution is -2.15. The molecule has 0 spiro atoms. The minimum Gasteiger partial charge on any atom is -0.480 e. The van der Waals surface area contributed by atoms with Crippen molar-refractivity contribution in [3.8, 4) is 0 Å². The highest BCUT2D eigenvalue weighted by Crippen LogP contribution is 2.16. The van der Waals surface area contributed by atoms with Crippen LogP contribution in [0.1, 0.15) is 19.8 Å². The average Bonchev–Trinajstić information content (AvgIpc) is 2.04. The molecule has 1 N–H and O–H groups in total. The summed E-state index contributed by atoms with van der Waals surface area (Å²) in [4.78, 5) is 10.6. The second-order valence-corrected chi connectivity index (χ2v) is 4.75. The van der Waals surface area contributed by atoms with Crippen LogP contribution in [0.25, 0.3) is 0 Å². The maximum Gasteiger partial charge on any atom is 0.316 e. The molecule has 72 valence electrons. The van der Waals surface area contributed by atoms with Crippen molar-refractivity contribution in [2.24, 2.45) is 0 Å². The van der Waals surface area contributed by atoms with E-state index in [0.29, 0.717) is 0 Å². The number of hydrogen-bond donors (Lipinski definition) is 1. The molecule has 0 heterocycles. The number of carboxylic acid groups (broad SMARTS) is 1. The van der Waals surface area contributed by atoms with Crippen molar-refractivity contribution in [2.75, 3.05) is 17.8 Å². The Balaban J connectivity index is 3.38. The third kappa shape index (κ3) is 5.77. The van der Waals surface area contributed by atoms with Gasteiger partial charge in [-0.1, -0.05) is 6.92 Å². The van der Waals surface area contributed by atoms with E-state index in [2.05, 4.69) is 6.26 Å². The van der Waals surface area contributed by atoms with Gasteiger partial charge >= 0.3 is 5.97 Å². The first-order valence-electron chi connectivity index (χ1n) is 4.05. The Bertz CT molecular complexity index is 128. The highest BCUT2D eigenvalue weighted by atomic mass is 32.2. The molecule has 0 fully saturated rings. The number of carbonyl (C=O) groups is 1. The van der Waals surface area contributed by atoms with Gasteiger partial charge in [-0.05, 0) is 30.6 Å². The highest BCUT2D eigenvalue weighted by Gasteiger charge is 2.14. The van der Waals surface area contributed by atoms with Crippen molar-refractivity contribution < 1.29 is 9.90 Å². The van der Waals surface area contributed by atoms with Crippen molar-refractivity contribution >= 4 is 29.5 Å². The summed E-state index contributed by atoms with van der Waals surface area (Å²) in [6, 6.07) is 0. The van der Waals surface area contributed by atoms with Gasteiger partial charge in [0.2, 0.25) is 0 Å². The minimum atomic E-state index is -0.674. The molecule has 1 unspecified atom stereocenters. The number of thioether (sulfide) groups is 2. The standard InChI is InChI=1S/C8H16O2S2/c1-3-7(8(9)10)12-6-4-5-11-2/h7H,3-6H2,1-2H3,(H,9,10). The molecule has 0 aromatic heterocycles. The summed E-state index contributed by atoms with van der Waals surface area (Å²) in [5.74, 6) is 1.42. The molecule has 0 aliphatic heterocycles. The van der Waals surface area contributed by atoms with Crippen LogP contribution < -0.4 is 0 Å². The molecule has 0 bridgehead atoms. The van der Waals surface area contributed by atoms with Crippen LogP contribution in [0.15, 0.2) is 0 Å². The molecule has 0 rings (SSSR count). The fourth-order valence-corrected chi connectivity index (χ4v) is 2.38. The van der Waals surface area contributed by atoms with Gasteiger partial charge < -0.3 is 5.11 Å². The quantitative estimate of drug-likeness (QED) is 0.652. The fraction of sp³-hybridized carbons (Fsp3) is 0.875. The van der Waals surface area contributed by atoms with E-state index in [-0.39, 0.29) is 5.25 Å². The van der Waals surface area contributed by atoms with E-state index in [1.165, 1.54) is 0 Å². The number of rotatable bonds is 7. The normalized spacial score (nSPS) is 12.8. The summed E-state index contributed by atoms with van der Waals surface area (Å²) in [6.07, 6.45) is 3.90. The molecule has 0 aliphatic carbocycles. The van der Waals surface area contributed by atoms with E-state index in [9.17, 15) is 4.79 Å². The number of aliphatic carboxylic acids is 1. The Morgan fingerprint density at radius 1 is 1.50 bits per heavy atom. The third-order valence-electron chi connectivity index (χ3n) is 1.46. The smallest absolute Gasteiger partial charge is 0.316 e. The van der Waals surface area contributed by atoms with Gasteiger partial charge in [0.25, 0.3) is 0 Å². The second kappa shape index (κ2) is 7.80. The van der Waals surface area contributed by atoms with Crippen molar-refractivity contribution in [3.05, 3.63) is 0 Å². The fourth-order valence-electron chi connectivity index (χ4n) is 0.793. The SMILES string of the molecule is CCC(SCCCSC)C(=O)O. The van der Waals surface area contributed by atoms with Gasteiger partial charge in [0, 0.05) is 0 Å². The van der Waals surface area contributed by atoms with E-state index in [0.717, 1.165) is 24.3 Å². The molecule has 12 heavy (non-hydrogen) atoms. The molecule has 0 saturated carbocycles. The summed E-state index contributed by atoms with van der Waals surface area (Å²) in [7, 11) is 0. The lowest BCUT2D eigenvalue weighted by Gasteiger charge is -2.07. The minimum absolute atomic E-state index is 0.202. The maximum atomic E-state index is 10.6. The van der Waals surface area contributed by atoms with Gasteiger partial charge in [-0.25, -0.2) is 0 Å². The second-order valence-electron chi connectivity index (χ2n) is 2.45. The average molecular weight is 208 g/mol. The van der Waals surface area contributed by atoms with Crippen molar-refractivity contribution in [3.63, 3.8) is 0 Å². The van der Waals surface area contributed by atoms with Crippen LogP contribution >= 0.6 is 23.5 Å². The number of hydrogen-bond acceptors (Lipinski definition) is 3. The molecule has 0 radical (unpaired) electrons. The van der Waals surface area contributed by atoms with Gasteiger partial charge in [0.1, 0.15) is 5.25 Å². The van der Waals surface area contributed by atoms with E-state index in [4.69, 9.17) is 5.11 Å². The van der Waals surface area contributed by atoms with Crippen LogP contribution in [-0.4, -0.2) is 34.1 Å². The summed E-state index contributed by atoms with van der Waals surface area (Å²) in [6.45, 7) is 1.92. The number of carboxylic acids is 1. The molecular formula is C8H16O2S2. The van der Waals surface area contributed by atoms with Gasteiger partial charge in [-0.15, -0.1) is 11.8 Å². The Labute approximate surface area is 82.5 Å². The Morgan fingerprint density at radius 3 is 2.58 bits per heavy atom. The third-order valence-corrected chi connectivity index (χ3v) is 3.62. The summed E-state index contributed by atoms with van der Waals surface area (Å²) in [5.41, 5.74) is 0. The van der Waals surface area contributed by atoms with Gasteiger partial charge in [-0.3, -0.25) is 4.79 Å². The van der Waals surface area contributed by atoms with E-state index >= 15 is 0 Å². The topological polar surface area (TPSA) is 37.3 Å². The zero-order chi connectivity index (χ0) is 9.40. The molecule has 0 saturated heterocycles. The van der Waals surface area contributed by atoms with E-state index < -0.39 is 5.97 Å². The van der Waals surface area contributed by atoms with Crippen molar-refractivity contribution in [2.45, 2.75) is 25.0 Å². The summed E-state index contributed by atoms with van der Waals surface area (Å²) >= 11 is 3.37. The van der Waals surface area contributed by atoms with Crippen molar-refractivity contribution in [1.29, 1.82) is 0 Å². The van der Waals surface area contributed by atoms with Gasteiger partial charge in [0.05, 0.1) is 0 Å². The first-order chi connectivity index (χ1) is 5.72. The largest absolute Gasteiger partial charge is 0.480 e. The van der Waals surface area contributed by atoms with Gasteiger partial charge in [0.15, 0.2) is 0 Å². The zero-order valence-electron chi connectivity index (χ0n) is 7.58. The highest BCUT2D eigenvalue weighted by molar-refractivity contribution is 8.00. The monoisotopic (exact) mass is 208 g/mol. The van der Waals surface area contributed by atoms with Crippen LogP contribution in [0.2, 0.25) is 0 Å². The maximum absolute atomic E-state index is 10.6. The predicted octanol–water partition coefficient (Wildman–Crippen LogP) is 2.34. The zero-order valence-corrected chi connectivity index (χ0v) is 9.21. The molecule has 2 nitrogen and oxygen atoms in total. The Hall–Kier alpha value is 0.170. The first-order valence-corrected chi connectivity index (χ1v) is 6.50. The lowest BCUT2D eigenvalue weighted by molar-refractivity contribution is -0.136. The predicted molar refractivity (Wildman–Crippen MR) is 57.2 cm³/mol. The molecule has 1 atom stereocenters. The Kier molecular flexibility index (Phi) is 7.91. The molecular weight excluding hydrogens is 192 g/mol. The van der Waals surface area contributed by atoms with Crippen LogP contribution in [0.5, 0.6) is 0 Å². The van der Waals surface area contributed by atoms with Crippen LogP contribution in [0.3, 0.4) is 0 Å². The first kappa shape index (κ1) is 12.2. The Morgan fingerprint density at radius 2 is 2.17 bits per heavy atom. The summed E-state index contributed by atoms with van der Waals surface area (Å²) in [5, 5.41) is 8.50. The molecule has 0 aromatic carbocycles. The van der Waals surface area contributed by atoms with Crippen LogP contribution in [0.4, 0.5) is 0 Å². The molecule has 0 aliphatic rings. The van der Waals surface area contributed by atoms with Crippen LogP contribution in [0, 0.1) is 0 Å². The van der Waals surface area contributed by atoms with E-state index in [1.54, 1.807) is 11.8 Å². The summed E-state index contributed by atoms with van der Waals surface area (Å²) < 4.78 is 0. The lowest BCUT2D eigenvalue weighted by atomic mass is 10.3. The molecule has 0 aromatic rings. The van der Waals surface area contributed by atoms with Gasteiger partial charge in [-0.2, -0.15) is 11.8 Å². The molecule has 0 amide bonds. The molecule has 4 heteroatoms. The van der Waals surface area contributed by atoms with E-state index in [1.807, 2.05) is 18.7 Å². The van der Waals surface area contributed by atoms with Crippen LogP contribution in [-0.2, 0) is 4.79 Å². The van der Waals surface area contributed by atoms with Crippen molar-refractivity contribution in [1.82, 2.24) is 0 Å².